The third-order valence-electron chi connectivity index (χ3n) is 2.87. The predicted molar refractivity (Wildman–Crippen MR) is 97.3 cm³/mol. The van der Waals surface area contributed by atoms with E-state index in [9.17, 15) is 5.11 Å². The molecule has 1 aromatic heterocycles. The molecule has 23 heavy (non-hydrogen) atoms. The molecule has 0 atom stereocenters. The lowest BCUT2D eigenvalue weighted by molar-refractivity contribution is 0.466. The number of nitrogens with zero attached hydrogens (tertiary/aromatic N) is 1. The molecule has 0 saturated heterocycles. The van der Waals surface area contributed by atoms with E-state index in [2.05, 4.69) is 20.9 Å². The Morgan fingerprint density at radius 3 is 2.65 bits per heavy atom. The molecule has 1 N–H and O–H groups in total. The van der Waals surface area contributed by atoms with Crippen molar-refractivity contribution < 1.29 is 9.52 Å². The van der Waals surface area contributed by atoms with Gasteiger partial charge in [-0.3, -0.25) is 4.99 Å². The molecule has 0 amide bonds. The van der Waals surface area contributed by atoms with Crippen LogP contribution >= 0.6 is 39.3 Å². The maximum atomic E-state index is 9.42. The summed E-state index contributed by atoms with van der Waals surface area (Å²) >= 11 is 10.9. The van der Waals surface area contributed by atoms with E-state index >= 15 is 0 Å². The zero-order chi connectivity index (χ0) is 16.2. The summed E-state index contributed by atoms with van der Waals surface area (Å²) in [5.41, 5.74) is 0.657. The van der Waals surface area contributed by atoms with E-state index in [0.29, 0.717) is 16.5 Å². The van der Waals surface area contributed by atoms with Gasteiger partial charge in [-0.2, -0.15) is 0 Å². The molecule has 116 valence electrons. The normalized spacial score (nSPS) is 11.2. The summed E-state index contributed by atoms with van der Waals surface area (Å²) in [7, 11) is 0. The van der Waals surface area contributed by atoms with Crippen LogP contribution in [-0.4, -0.2) is 11.3 Å². The fraction of sp³-hybridized carbons (Fsp3) is 0. The van der Waals surface area contributed by atoms with Crippen molar-refractivity contribution in [3.05, 3.63) is 69.9 Å². The highest BCUT2D eigenvalue weighted by Gasteiger charge is 2.09. The standard InChI is InChI=1S/C17H11BrClNO2S/c18-16-9-14(10-20-12-2-1-3-13(21)8-12)22-17(16)23-15-6-4-11(19)5-7-15/h1-10,21H. The summed E-state index contributed by atoms with van der Waals surface area (Å²) in [6, 6.07) is 16.1. The lowest BCUT2D eigenvalue weighted by Crippen LogP contribution is -1.74. The van der Waals surface area contributed by atoms with E-state index in [1.54, 1.807) is 30.5 Å². The van der Waals surface area contributed by atoms with Gasteiger partial charge < -0.3 is 9.52 Å². The van der Waals surface area contributed by atoms with Crippen LogP contribution in [0.3, 0.4) is 0 Å². The minimum Gasteiger partial charge on any atom is -0.508 e. The maximum Gasteiger partial charge on any atom is 0.179 e. The number of hydrogen-bond acceptors (Lipinski definition) is 4. The number of halogens is 2. The van der Waals surface area contributed by atoms with Crippen molar-refractivity contribution in [1.29, 1.82) is 0 Å². The van der Waals surface area contributed by atoms with Crippen LogP contribution in [0.5, 0.6) is 5.75 Å². The first-order chi connectivity index (χ1) is 11.1. The Labute approximate surface area is 151 Å². The smallest absolute Gasteiger partial charge is 0.179 e. The Hall–Kier alpha value is -1.69. The molecular formula is C17H11BrClNO2S. The molecule has 6 heteroatoms. The molecule has 0 bridgehead atoms. The summed E-state index contributed by atoms with van der Waals surface area (Å²) in [6.45, 7) is 0. The van der Waals surface area contributed by atoms with E-state index in [4.69, 9.17) is 16.0 Å². The van der Waals surface area contributed by atoms with Crippen molar-refractivity contribution in [2.75, 3.05) is 0 Å². The van der Waals surface area contributed by atoms with Crippen LogP contribution in [0.2, 0.25) is 5.02 Å². The van der Waals surface area contributed by atoms with E-state index < -0.39 is 0 Å². The molecule has 0 aliphatic carbocycles. The molecule has 0 saturated carbocycles. The molecule has 1 heterocycles. The lowest BCUT2D eigenvalue weighted by Gasteiger charge is -1.98. The highest BCUT2D eigenvalue weighted by Crippen LogP contribution is 2.36. The summed E-state index contributed by atoms with van der Waals surface area (Å²) in [5, 5.41) is 10.9. The first-order valence-corrected chi connectivity index (χ1v) is 8.65. The molecular weight excluding hydrogens is 398 g/mol. The molecule has 0 aliphatic rings. The van der Waals surface area contributed by atoms with Gasteiger partial charge in [-0.15, -0.1) is 0 Å². The Morgan fingerprint density at radius 2 is 1.91 bits per heavy atom. The lowest BCUT2D eigenvalue weighted by atomic mass is 10.3. The van der Waals surface area contributed by atoms with Crippen molar-refractivity contribution in [2.24, 2.45) is 4.99 Å². The Bertz CT molecular complexity index is 846. The highest BCUT2D eigenvalue weighted by molar-refractivity contribution is 9.10. The van der Waals surface area contributed by atoms with Gasteiger partial charge in [-0.1, -0.05) is 29.4 Å². The number of aliphatic imine (C=N–C) groups is 1. The topological polar surface area (TPSA) is 45.7 Å². The van der Waals surface area contributed by atoms with E-state index in [1.165, 1.54) is 11.8 Å². The molecule has 0 fully saturated rings. The Balaban J connectivity index is 1.76. The molecule has 3 rings (SSSR count). The van der Waals surface area contributed by atoms with Crippen LogP contribution in [0.4, 0.5) is 5.69 Å². The first kappa shape index (κ1) is 16.2. The van der Waals surface area contributed by atoms with Crippen molar-refractivity contribution in [2.45, 2.75) is 9.99 Å². The second-order valence-electron chi connectivity index (χ2n) is 4.62. The molecule has 3 nitrogen and oxygen atoms in total. The zero-order valence-electron chi connectivity index (χ0n) is 11.7. The second-order valence-corrected chi connectivity index (χ2v) is 6.96. The summed E-state index contributed by atoms with van der Waals surface area (Å²) < 4.78 is 6.63. The van der Waals surface area contributed by atoms with Crippen LogP contribution in [0.15, 0.2) is 78.5 Å². The number of phenolic OH excluding ortho intramolecular Hbond substituents is 1. The van der Waals surface area contributed by atoms with Crippen LogP contribution < -0.4 is 0 Å². The van der Waals surface area contributed by atoms with Gasteiger partial charge in [0.2, 0.25) is 0 Å². The maximum absolute atomic E-state index is 9.42. The second kappa shape index (κ2) is 7.25. The molecule has 0 spiro atoms. The molecule has 0 radical (unpaired) electrons. The van der Waals surface area contributed by atoms with Crippen molar-refractivity contribution in [3.63, 3.8) is 0 Å². The van der Waals surface area contributed by atoms with Crippen molar-refractivity contribution in [3.8, 4) is 5.75 Å². The third kappa shape index (κ3) is 4.41. The summed E-state index contributed by atoms with van der Waals surface area (Å²) in [5.74, 6) is 0.802. The average Bonchev–Trinajstić information content (AvgIpc) is 2.88. The number of aromatic hydroxyl groups is 1. The number of hydrogen-bond donors (Lipinski definition) is 1. The van der Waals surface area contributed by atoms with E-state index in [-0.39, 0.29) is 5.75 Å². The minimum absolute atomic E-state index is 0.180. The van der Waals surface area contributed by atoms with Crippen molar-refractivity contribution >= 4 is 51.2 Å². The quantitative estimate of drug-likeness (QED) is 0.515. The van der Waals surface area contributed by atoms with Crippen LogP contribution in [0, 0.1) is 0 Å². The largest absolute Gasteiger partial charge is 0.508 e. The molecule has 0 unspecified atom stereocenters. The number of phenols is 1. The van der Waals surface area contributed by atoms with Gasteiger partial charge in [0.25, 0.3) is 0 Å². The monoisotopic (exact) mass is 407 g/mol. The third-order valence-corrected chi connectivity index (χ3v) is 4.97. The SMILES string of the molecule is Oc1cccc(N=Cc2cc(Br)c(Sc3ccc(Cl)cc3)o2)c1. The van der Waals surface area contributed by atoms with Gasteiger partial charge in [0.05, 0.1) is 16.4 Å². The van der Waals surface area contributed by atoms with Gasteiger partial charge in [0.1, 0.15) is 11.5 Å². The fourth-order valence-electron chi connectivity index (χ4n) is 1.82. The van der Waals surface area contributed by atoms with Crippen molar-refractivity contribution in [1.82, 2.24) is 0 Å². The van der Waals surface area contributed by atoms with Crippen LogP contribution in [0.25, 0.3) is 0 Å². The van der Waals surface area contributed by atoms with E-state index in [1.807, 2.05) is 30.3 Å². The molecule has 2 aromatic carbocycles. The number of furan rings is 1. The minimum atomic E-state index is 0.180. The average molecular weight is 409 g/mol. The number of rotatable bonds is 4. The van der Waals surface area contributed by atoms with Gasteiger partial charge in [-0.25, -0.2) is 0 Å². The van der Waals surface area contributed by atoms with Gasteiger partial charge >= 0.3 is 0 Å². The number of benzene rings is 2. The van der Waals surface area contributed by atoms with Gasteiger partial charge in [0, 0.05) is 22.1 Å². The van der Waals surface area contributed by atoms with Gasteiger partial charge in [0.15, 0.2) is 5.09 Å². The Morgan fingerprint density at radius 1 is 1.13 bits per heavy atom. The summed E-state index contributed by atoms with van der Waals surface area (Å²) in [6.07, 6.45) is 1.62. The zero-order valence-corrected chi connectivity index (χ0v) is 14.9. The fourth-order valence-corrected chi connectivity index (χ4v) is 3.28. The van der Waals surface area contributed by atoms with Gasteiger partial charge in [-0.05, 0) is 52.3 Å². The van der Waals surface area contributed by atoms with Crippen LogP contribution in [0.1, 0.15) is 5.76 Å². The molecule has 0 aliphatic heterocycles. The Kier molecular flexibility index (Phi) is 5.10. The summed E-state index contributed by atoms with van der Waals surface area (Å²) in [4.78, 5) is 5.31. The molecule has 3 aromatic rings. The van der Waals surface area contributed by atoms with Crippen LogP contribution in [-0.2, 0) is 0 Å². The van der Waals surface area contributed by atoms with E-state index in [0.717, 1.165) is 14.5 Å². The predicted octanol–water partition coefficient (Wildman–Crippen LogP) is 6.30. The highest BCUT2D eigenvalue weighted by atomic mass is 79.9. The first-order valence-electron chi connectivity index (χ1n) is 6.66.